The summed E-state index contributed by atoms with van der Waals surface area (Å²) in [5, 5.41) is 2.86. The van der Waals surface area contributed by atoms with Crippen LogP contribution in [0.3, 0.4) is 0 Å². The van der Waals surface area contributed by atoms with Crippen LogP contribution in [0.5, 0.6) is 0 Å². The molecule has 0 aromatic heterocycles. The molecule has 1 amide bonds. The van der Waals surface area contributed by atoms with E-state index in [0.717, 1.165) is 19.1 Å². The molecule has 2 N–H and O–H groups in total. The van der Waals surface area contributed by atoms with Crippen molar-refractivity contribution in [2.24, 2.45) is 5.92 Å². The molecular weight excluding hydrogens is 288 g/mol. The first kappa shape index (κ1) is 15.8. The van der Waals surface area contributed by atoms with E-state index in [2.05, 4.69) is 10.0 Å². The molecule has 0 unspecified atom stereocenters. The van der Waals surface area contributed by atoms with E-state index in [1.807, 2.05) is 0 Å². The summed E-state index contributed by atoms with van der Waals surface area (Å²) in [5.74, 6) is 0.538. The lowest BCUT2D eigenvalue weighted by molar-refractivity contribution is -0.117. The normalized spacial score (nSPS) is 16.4. The number of benzene rings is 1. The SMILES string of the molecule is CS(=O)(=O)Nc1ccc(NC(=O)CC2CCCCC2)cc1. The highest BCUT2D eigenvalue weighted by atomic mass is 32.2. The third-order valence-corrected chi connectivity index (χ3v) is 4.28. The summed E-state index contributed by atoms with van der Waals surface area (Å²) in [5.41, 5.74) is 1.18. The average Bonchev–Trinajstić information content (AvgIpc) is 2.40. The Balaban J connectivity index is 1.86. The zero-order valence-electron chi connectivity index (χ0n) is 12.3. The number of sulfonamides is 1. The smallest absolute Gasteiger partial charge is 0.229 e. The minimum atomic E-state index is -3.27. The number of amides is 1. The average molecular weight is 310 g/mol. The van der Waals surface area contributed by atoms with E-state index in [-0.39, 0.29) is 5.91 Å². The van der Waals surface area contributed by atoms with Gasteiger partial charge in [0.1, 0.15) is 0 Å². The summed E-state index contributed by atoms with van der Waals surface area (Å²) in [6, 6.07) is 6.67. The van der Waals surface area contributed by atoms with Crippen molar-refractivity contribution in [3.05, 3.63) is 24.3 Å². The molecule has 116 valence electrons. The number of nitrogens with one attached hydrogen (secondary N) is 2. The zero-order valence-corrected chi connectivity index (χ0v) is 13.1. The molecule has 1 aromatic rings. The number of carbonyl (C=O) groups excluding carboxylic acids is 1. The van der Waals surface area contributed by atoms with Crippen LogP contribution in [-0.2, 0) is 14.8 Å². The molecule has 0 saturated heterocycles. The monoisotopic (exact) mass is 310 g/mol. The van der Waals surface area contributed by atoms with Crippen molar-refractivity contribution >= 4 is 27.3 Å². The van der Waals surface area contributed by atoms with Crippen LogP contribution in [0.25, 0.3) is 0 Å². The molecule has 0 aliphatic heterocycles. The summed E-state index contributed by atoms with van der Waals surface area (Å²) in [4.78, 5) is 12.0. The van der Waals surface area contributed by atoms with Crippen molar-refractivity contribution in [3.63, 3.8) is 0 Å². The maximum atomic E-state index is 12.0. The summed E-state index contributed by atoms with van der Waals surface area (Å²) >= 11 is 0. The molecule has 2 rings (SSSR count). The Morgan fingerprint density at radius 3 is 2.24 bits per heavy atom. The molecule has 0 bridgehead atoms. The molecule has 0 radical (unpaired) electrons. The number of carbonyl (C=O) groups is 1. The molecule has 1 aromatic carbocycles. The standard InChI is InChI=1S/C15H22N2O3S/c1-21(19,20)17-14-9-7-13(8-10-14)16-15(18)11-12-5-3-2-4-6-12/h7-10,12,17H,2-6,11H2,1H3,(H,16,18). The lowest BCUT2D eigenvalue weighted by atomic mass is 9.87. The highest BCUT2D eigenvalue weighted by Crippen LogP contribution is 2.26. The second-order valence-electron chi connectivity index (χ2n) is 5.71. The van der Waals surface area contributed by atoms with Gasteiger partial charge in [-0.05, 0) is 43.0 Å². The van der Waals surface area contributed by atoms with Crippen molar-refractivity contribution in [1.82, 2.24) is 0 Å². The van der Waals surface area contributed by atoms with Gasteiger partial charge in [0.15, 0.2) is 0 Å². The summed E-state index contributed by atoms with van der Waals surface area (Å²) in [6.45, 7) is 0. The van der Waals surface area contributed by atoms with E-state index in [1.54, 1.807) is 24.3 Å². The predicted molar refractivity (Wildman–Crippen MR) is 84.7 cm³/mol. The highest BCUT2D eigenvalue weighted by molar-refractivity contribution is 7.92. The lowest BCUT2D eigenvalue weighted by Crippen LogP contribution is -2.18. The second-order valence-corrected chi connectivity index (χ2v) is 7.46. The third-order valence-electron chi connectivity index (χ3n) is 3.67. The highest BCUT2D eigenvalue weighted by Gasteiger charge is 2.17. The van der Waals surface area contributed by atoms with E-state index >= 15 is 0 Å². The first-order valence-electron chi connectivity index (χ1n) is 7.30. The molecule has 1 saturated carbocycles. The Hall–Kier alpha value is -1.56. The van der Waals surface area contributed by atoms with Gasteiger partial charge >= 0.3 is 0 Å². The van der Waals surface area contributed by atoms with Gasteiger partial charge in [-0.3, -0.25) is 9.52 Å². The van der Waals surface area contributed by atoms with Crippen LogP contribution in [-0.4, -0.2) is 20.6 Å². The molecule has 6 heteroatoms. The van der Waals surface area contributed by atoms with Crippen LogP contribution in [0, 0.1) is 5.92 Å². The minimum absolute atomic E-state index is 0.0331. The van der Waals surface area contributed by atoms with Crippen molar-refractivity contribution in [3.8, 4) is 0 Å². The largest absolute Gasteiger partial charge is 0.326 e. The van der Waals surface area contributed by atoms with Gasteiger partial charge in [0.2, 0.25) is 15.9 Å². The zero-order chi connectivity index (χ0) is 15.3. The third kappa shape index (κ3) is 5.75. The molecule has 1 aliphatic rings. The number of hydrogen-bond donors (Lipinski definition) is 2. The van der Waals surface area contributed by atoms with Gasteiger partial charge in [0, 0.05) is 17.8 Å². The Kier molecular flexibility index (Phi) is 5.22. The molecular formula is C15H22N2O3S. The van der Waals surface area contributed by atoms with Crippen LogP contribution in [0.4, 0.5) is 11.4 Å². The van der Waals surface area contributed by atoms with Crippen molar-refractivity contribution in [1.29, 1.82) is 0 Å². The van der Waals surface area contributed by atoms with Crippen molar-refractivity contribution in [2.75, 3.05) is 16.3 Å². The fraction of sp³-hybridized carbons (Fsp3) is 0.533. The summed E-state index contributed by atoms with van der Waals surface area (Å²) in [6.07, 6.45) is 7.70. The summed E-state index contributed by atoms with van der Waals surface area (Å²) in [7, 11) is -3.27. The van der Waals surface area contributed by atoms with Gasteiger partial charge in [-0.15, -0.1) is 0 Å². The van der Waals surface area contributed by atoms with E-state index in [1.165, 1.54) is 19.3 Å². The van der Waals surface area contributed by atoms with E-state index in [4.69, 9.17) is 0 Å². The fourth-order valence-electron chi connectivity index (χ4n) is 2.70. The molecule has 1 fully saturated rings. The fourth-order valence-corrected chi connectivity index (χ4v) is 3.27. The van der Waals surface area contributed by atoms with Gasteiger partial charge in [-0.1, -0.05) is 19.3 Å². The Bertz CT molecular complexity index is 575. The molecule has 0 spiro atoms. The molecule has 1 aliphatic carbocycles. The maximum Gasteiger partial charge on any atom is 0.229 e. The van der Waals surface area contributed by atoms with Gasteiger partial charge in [-0.25, -0.2) is 8.42 Å². The molecule has 0 heterocycles. The van der Waals surface area contributed by atoms with E-state index in [0.29, 0.717) is 23.7 Å². The maximum absolute atomic E-state index is 12.0. The first-order chi connectivity index (χ1) is 9.92. The van der Waals surface area contributed by atoms with Crippen molar-refractivity contribution < 1.29 is 13.2 Å². The number of anilines is 2. The molecule has 21 heavy (non-hydrogen) atoms. The topological polar surface area (TPSA) is 75.3 Å². The molecule has 0 atom stereocenters. The Morgan fingerprint density at radius 2 is 1.67 bits per heavy atom. The quantitative estimate of drug-likeness (QED) is 0.878. The van der Waals surface area contributed by atoms with Crippen LogP contribution in [0.1, 0.15) is 38.5 Å². The second kappa shape index (κ2) is 6.93. The van der Waals surface area contributed by atoms with Crippen LogP contribution < -0.4 is 10.0 Å². The van der Waals surface area contributed by atoms with Gasteiger partial charge in [-0.2, -0.15) is 0 Å². The van der Waals surface area contributed by atoms with Gasteiger partial charge < -0.3 is 5.32 Å². The first-order valence-corrected chi connectivity index (χ1v) is 9.19. The van der Waals surface area contributed by atoms with Crippen LogP contribution in [0.15, 0.2) is 24.3 Å². The van der Waals surface area contributed by atoms with Crippen LogP contribution >= 0.6 is 0 Å². The number of rotatable bonds is 5. The Labute approximate surface area is 126 Å². The van der Waals surface area contributed by atoms with Crippen LogP contribution in [0.2, 0.25) is 0 Å². The summed E-state index contributed by atoms with van der Waals surface area (Å²) < 4.78 is 24.6. The van der Waals surface area contributed by atoms with E-state index in [9.17, 15) is 13.2 Å². The van der Waals surface area contributed by atoms with Crippen molar-refractivity contribution in [2.45, 2.75) is 38.5 Å². The minimum Gasteiger partial charge on any atom is -0.326 e. The van der Waals surface area contributed by atoms with E-state index < -0.39 is 10.0 Å². The number of hydrogen-bond acceptors (Lipinski definition) is 3. The Morgan fingerprint density at radius 1 is 1.10 bits per heavy atom. The lowest BCUT2D eigenvalue weighted by Gasteiger charge is -2.20. The van der Waals surface area contributed by atoms with Gasteiger partial charge in [0.25, 0.3) is 0 Å². The van der Waals surface area contributed by atoms with Gasteiger partial charge in [0.05, 0.1) is 6.26 Å². The predicted octanol–water partition coefficient (Wildman–Crippen LogP) is 2.97. The molecule has 5 nitrogen and oxygen atoms in total.